The molecule has 0 aliphatic heterocycles. The summed E-state index contributed by atoms with van der Waals surface area (Å²) >= 11 is 0. The van der Waals surface area contributed by atoms with Gasteiger partial charge < -0.3 is 18.0 Å². The minimum absolute atomic E-state index is 0.103. The van der Waals surface area contributed by atoms with Crippen LogP contribution in [0.2, 0.25) is 0 Å². The zero-order chi connectivity index (χ0) is 14.2. The summed E-state index contributed by atoms with van der Waals surface area (Å²) in [6.45, 7) is 8.56. The molecule has 18 heavy (non-hydrogen) atoms. The fourth-order valence-electron chi connectivity index (χ4n) is 2.35. The van der Waals surface area contributed by atoms with Crippen LogP contribution < -0.4 is 0 Å². The summed E-state index contributed by atoms with van der Waals surface area (Å²) in [7, 11) is 2.18. The van der Waals surface area contributed by atoms with Crippen molar-refractivity contribution in [1.82, 2.24) is 0 Å². The predicted octanol–water partition coefficient (Wildman–Crippen LogP) is 3.17. The maximum Gasteiger partial charge on any atom is 0.530 e. The third kappa shape index (κ3) is 3.77. The van der Waals surface area contributed by atoms with E-state index in [1.54, 1.807) is 21.3 Å². The van der Waals surface area contributed by atoms with Crippen LogP contribution in [0.3, 0.4) is 0 Å². The molecule has 0 spiro atoms. The van der Waals surface area contributed by atoms with E-state index in [0.717, 1.165) is 25.7 Å². The largest absolute Gasteiger partial charge is 0.530 e. The average molecular weight is 278 g/mol. The van der Waals surface area contributed by atoms with E-state index in [0.29, 0.717) is 0 Å². The molecule has 0 aliphatic carbocycles. The Morgan fingerprint density at radius 3 is 1.44 bits per heavy atom. The molecule has 0 fully saturated rings. The van der Waals surface area contributed by atoms with Crippen molar-refractivity contribution in [3.63, 3.8) is 0 Å². The summed E-state index contributed by atoms with van der Waals surface area (Å²) in [5.41, 5.74) is -0.216. The van der Waals surface area contributed by atoms with Gasteiger partial charge in [0.15, 0.2) is 0 Å². The van der Waals surface area contributed by atoms with Crippen LogP contribution in [0.1, 0.15) is 53.4 Å². The van der Waals surface area contributed by atoms with Gasteiger partial charge in [0.05, 0.1) is 5.60 Å². The van der Waals surface area contributed by atoms with E-state index in [1.165, 1.54) is 0 Å². The van der Waals surface area contributed by atoms with Crippen molar-refractivity contribution in [2.75, 3.05) is 21.3 Å². The van der Waals surface area contributed by atoms with Crippen LogP contribution in [0.5, 0.6) is 0 Å². The van der Waals surface area contributed by atoms with Gasteiger partial charge in [-0.1, -0.05) is 27.7 Å². The average Bonchev–Trinajstić information content (AvgIpc) is 2.45. The highest BCUT2D eigenvalue weighted by atomic mass is 28.4. The lowest BCUT2D eigenvalue weighted by Gasteiger charge is -2.39. The van der Waals surface area contributed by atoms with Gasteiger partial charge in [0.2, 0.25) is 0 Å². The summed E-state index contributed by atoms with van der Waals surface area (Å²) in [6, 6.07) is 0. The molecule has 4 nitrogen and oxygen atoms in total. The third-order valence-corrected chi connectivity index (χ3v) is 6.97. The first-order valence-electron chi connectivity index (χ1n) is 6.86. The summed E-state index contributed by atoms with van der Waals surface area (Å²) < 4.78 is 23.0. The van der Waals surface area contributed by atoms with Crippen LogP contribution in [-0.4, -0.2) is 41.5 Å². The Bertz CT molecular complexity index is 199. The van der Waals surface area contributed by atoms with Gasteiger partial charge in [-0.2, -0.15) is 0 Å². The van der Waals surface area contributed by atoms with E-state index in [1.807, 2.05) is 0 Å². The lowest BCUT2D eigenvalue weighted by molar-refractivity contribution is -0.102. The van der Waals surface area contributed by atoms with Crippen LogP contribution in [-0.2, 0) is 18.0 Å². The monoisotopic (exact) mass is 278 g/mol. The fourth-order valence-corrected chi connectivity index (χ4v) is 4.53. The van der Waals surface area contributed by atoms with E-state index in [-0.39, 0.29) is 11.3 Å². The molecule has 0 amide bonds. The zero-order valence-electron chi connectivity index (χ0n) is 13.0. The highest BCUT2D eigenvalue weighted by Crippen LogP contribution is 2.30. The second-order valence-electron chi connectivity index (χ2n) is 4.47. The molecule has 0 N–H and O–H groups in total. The van der Waals surface area contributed by atoms with Crippen LogP contribution in [0.15, 0.2) is 0 Å². The van der Waals surface area contributed by atoms with Gasteiger partial charge in [0.1, 0.15) is 5.73 Å². The van der Waals surface area contributed by atoms with E-state index >= 15 is 0 Å². The van der Waals surface area contributed by atoms with Gasteiger partial charge in [-0.3, -0.25) is 0 Å². The second-order valence-corrected chi connectivity index (χ2v) is 7.55. The summed E-state index contributed by atoms with van der Waals surface area (Å²) in [6.07, 6.45) is 3.78. The van der Waals surface area contributed by atoms with E-state index in [2.05, 4.69) is 27.7 Å². The molecule has 110 valence electrons. The number of ether oxygens (including phenoxy) is 1. The summed E-state index contributed by atoms with van der Waals surface area (Å²) in [5, 5.41) is 0. The van der Waals surface area contributed by atoms with Gasteiger partial charge in [-0.05, 0) is 25.7 Å². The minimum Gasteiger partial charge on any atom is -0.375 e. The predicted molar refractivity (Wildman–Crippen MR) is 75.5 cm³/mol. The molecule has 0 aromatic heterocycles. The van der Waals surface area contributed by atoms with Crippen molar-refractivity contribution < 1.29 is 18.0 Å². The molecule has 0 saturated heterocycles. The van der Waals surface area contributed by atoms with Gasteiger partial charge >= 0.3 is 8.80 Å². The van der Waals surface area contributed by atoms with Crippen molar-refractivity contribution in [1.29, 1.82) is 0 Å². The van der Waals surface area contributed by atoms with Crippen LogP contribution in [0, 0.1) is 0 Å². The van der Waals surface area contributed by atoms with Crippen molar-refractivity contribution in [2.45, 2.75) is 64.7 Å². The van der Waals surface area contributed by atoms with Gasteiger partial charge in [0.25, 0.3) is 0 Å². The van der Waals surface area contributed by atoms with Gasteiger partial charge in [-0.25, -0.2) is 0 Å². The Balaban J connectivity index is 5.07. The Morgan fingerprint density at radius 1 is 0.833 bits per heavy atom. The Kier molecular flexibility index (Phi) is 8.30. The maximum absolute atomic E-state index is 6.36. The SMILES string of the molecule is CCC(OC(CC)(CC)CC)[Si](OC)(OC)OC. The molecule has 1 atom stereocenters. The van der Waals surface area contributed by atoms with Crippen LogP contribution in [0.4, 0.5) is 0 Å². The Labute approximate surface area is 113 Å². The fraction of sp³-hybridized carbons (Fsp3) is 1.00. The van der Waals surface area contributed by atoms with Crippen LogP contribution >= 0.6 is 0 Å². The molecule has 0 bridgehead atoms. The van der Waals surface area contributed by atoms with E-state index < -0.39 is 8.80 Å². The zero-order valence-corrected chi connectivity index (χ0v) is 14.0. The minimum atomic E-state index is -2.73. The molecular formula is C13H30O4Si. The molecular weight excluding hydrogens is 248 g/mol. The topological polar surface area (TPSA) is 36.9 Å². The first-order valence-corrected chi connectivity index (χ1v) is 8.67. The van der Waals surface area contributed by atoms with E-state index in [4.69, 9.17) is 18.0 Å². The molecule has 1 unspecified atom stereocenters. The van der Waals surface area contributed by atoms with Crippen molar-refractivity contribution in [3.8, 4) is 0 Å². The summed E-state index contributed by atoms with van der Waals surface area (Å²) in [5.74, 6) is 0. The van der Waals surface area contributed by atoms with E-state index in [9.17, 15) is 0 Å². The number of hydrogen-bond donors (Lipinski definition) is 0. The lowest BCUT2D eigenvalue weighted by Crippen LogP contribution is -2.57. The highest BCUT2D eigenvalue weighted by Gasteiger charge is 2.50. The molecule has 5 heteroatoms. The molecule has 0 aliphatic rings. The molecule has 0 saturated carbocycles. The maximum atomic E-state index is 6.36. The van der Waals surface area contributed by atoms with Crippen molar-refractivity contribution >= 4 is 8.80 Å². The smallest absolute Gasteiger partial charge is 0.375 e. The first kappa shape index (κ1) is 18.1. The third-order valence-electron chi connectivity index (χ3n) is 3.94. The number of hydrogen-bond acceptors (Lipinski definition) is 4. The van der Waals surface area contributed by atoms with Crippen LogP contribution in [0.25, 0.3) is 0 Å². The molecule has 0 rings (SSSR count). The Morgan fingerprint density at radius 2 is 1.22 bits per heavy atom. The lowest BCUT2D eigenvalue weighted by atomic mass is 9.94. The van der Waals surface area contributed by atoms with Crippen molar-refractivity contribution in [3.05, 3.63) is 0 Å². The first-order chi connectivity index (χ1) is 8.53. The molecule has 0 heterocycles. The normalized spacial score (nSPS) is 14.8. The Hall–Kier alpha value is 0.0569. The molecule has 0 aromatic rings. The van der Waals surface area contributed by atoms with Crippen molar-refractivity contribution in [2.24, 2.45) is 0 Å². The summed E-state index contributed by atoms with van der Waals surface area (Å²) in [4.78, 5) is 0. The quantitative estimate of drug-likeness (QED) is 0.575. The second kappa shape index (κ2) is 8.27. The van der Waals surface area contributed by atoms with Gasteiger partial charge in [-0.15, -0.1) is 0 Å². The molecule has 0 radical (unpaired) electrons. The molecule has 0 aromatic carbocycles. The highest BCUT2D eigenvalue weighted by molar-refractivity contribution is 6.62. The van der Waals surface area contributed by atoms with Gasteiger partial charge in [0, 0.05) is 21.3 Å². The standard InChI is InChI=1S/C13H30O4Si/c1-8-12(18(14-5,15-6)16-7)17-13(9-2,10-3)11-4/h12H,8-11H2,1-7H3. The number of rotatable bonds is 10.